The molecule has 0 saturated heterocycles. The molecule has 160 valence electrons. The van der Waals surface area contributed by atoms with Crippen molar-refractivity contribution in [2.75, 3.05) is 11.9 Å². The topological polar surface area (TPSA) is 112 Å². The number of ether oxygens (including phenoxy) is 1. The molecular weight excluding hydrogens is 432 g/mol. The lowest BCUT2D eigenvalue weighted by Crippen LogP contribution is -2.12. The number of hydrogen-bond acceptors (Lipinski definition) is 6. The molecule has 9 nitrogen and oxygen atoms in total. The SMILES string of the molecule is NCCn1cc(NC(=O)c2cnn3cccnc23)c(-c2cc(Cl)ccc2OC(F)F)n1. The largest absolute Gasteiger partial charge is 0.434 e. The normalized spacial score (nSPS) is 11.3. The van der Waals surface area contributed by atoms with Gasteiger partial charge in [-0.25, -0.2) is 9.50 Å². The number of carbonyl (C=O) groups excluding carboxylic acids is 1. The Kier molecular flexibility index (Phi) is 5.78. The number of rotatable bonds is 7. The fraction of sp³-hybridized carbons (Fsp3) is 0.158. The summed E-state index contributed by atoms with van der Waals surface area (Å²) in [6, 6.07) is 5.84. The Morgan fingerprint density at radius 2 is 2.19 bits per heavy atom. The fourth-order valence-corrected chi connectivity index (χ4v) is 3.19. The van der Waals surface area contributed by atoms with Gasteiger partial charge in [0.05, 0.1) is 18.4 Å². The minimum atomic E-state index is -3.05. The molecule has 12 heteroatoms. The first-order chi connectivity index (χ1) is 15.0. The number of nitrogens with two attached hydrogens (primary N) is 1. The summed E-state index contributed by atoms with van der Waals surface area (Å²) in [6.07, 6.45) is 6.13. The number of benzene rings is 1. The molecule has 4 rings (SSSR count). The van der Waals surface area contributed by atoms with Gasteiger partial charge in [-0.1, -0.05) is 11.6 Å². The van der Waals surface area contributed by atoms with E-state index in [-0.39, 0.29) is 39.8 Å². The van der Waals surface area contributed by atoms with Gasteiger partial charge in [0.2, 0.25) is 0 Å². The zero-order valence-corrected chi connectivity index (χ0v) is 16.6. The third-order valence-electron chi connectivity index (χ3n) is 4.30. The number of fused-ring (bicyclic) bond motifs is 1. The number of amides is 1. The molecule has 0 atom stereocenters. The predicted molar refractivity (Wildman–Crippen MR) is 109 cm³/mol. The Hall–Kier alpha value is -3.57. The molecule has 1 aromatic carbocycles. The van der Waals surface area contributed by atoms with Gasteiger partial charge < -0.3 is 15.8 Å². The van der Waals surface area contributed by atoms with Crippen LogP contribution >= 0.6 is 11.6 Å². The summed E-state index contributed by atoms with van der Waals surface area (Å²) in [6.45, 7) is -2.43. The molecule has 4 aromatic rings. The number of nitrogens with zero attached hydrogens (tertiary/aromatic N) is 5. The van der Waals surface area contributed by atoms with Gasteiger partial charge in [0.1, 0.15) is 17.0 Å². The average molecular weight is 448 g/mol. The molecule has 0 aliphatic carbocycles. The maximum atomic E-state index is 12.9. The Bertz CT molecular complexity index is 1240. The van der Waals surface area contributed by atoms with Gasteiger partial charge in [0, 0.05) is 35.7 Å². The number of anilines is 1. The molecule has 0 spiro atoms. The molecule has 0 saturated carbocycles. The van der Waals surface area contributed by atoms with E-state index in [1.54, 1.807) is 24.7 Å². The van der Waals surface area contributed by atoms with E-state index in [0.717, 1.165) is 0 Å². The van der Waals surface area contributed by atoms with Gasteiger partial charge >= 0.3 is 6.61 Å². The molecule has 3 N–H and O–H groups in total. The van der Waals surface area contributed by atoms with Crippen molar-refractivity contribution in [1.82, 2.24) is 24.4 Å². The highest BCUT2D eigenvalue weighted by Crippen LogP contribution is 2.37. The third-order valence-corrected chi connectivity index (χ3v) is 4.54. The summed E-state index contributed by atoms with van der Waals surface area (Å²) in [5.74, 6) is -0.633. The summed E-state index contributed by atoms with van der Waals surface area (Å²) in [5.41, 5.74) is 6.85. The first-order valence-electron chi connectivity index (χ1n) is 9.08. The number of aromatic nitrogens is 5. The molecule has 0 bridgehead atoms. The average Bonchev–Trinajstić information content (AvgIpc) is 3.33. The molecule has 3 heterocycles. The van der Waals surface area contributed by atoms with Crippen molar-refractivity contribution in [3.63, 3.8) is 0 Å². The molecule has 0 unspecified atom stereocenters. The lowest BCUT2D eigenvalue weighted by atomic mass is 10.1. The summed E-state index contributed by atoms with van der Waals surface area (Å²) >= 11 is 6.07. The van der Waals surface area contributed by atoms with E-state index in [9.17, 15) is 13.6 Å². The minimum Gasteiger partial charge on any atom is -0.434 e. The van der Waals surface area contributed by atoms with Crippen molar-refractivity contribution < 1.29 is 18.3 Å². The lowest BCUT2D eigenvalue weighted by molar-refractivity contribution is -0.0494. The van der Waals surface area contributed by atoms with Crippen LogP contribution in [0.5, 0.6) is 5.75 Å². The van der Waals surface area contributed by atoms with Crippen molar-refractivity contribution >= 4 is 28.8 Å². The quantitative estimate of drug-likeness (QED) is 0.450. The van der Waals surface area contributed by atoms with E-state index in [0.29, 0.717) is 12.2 Å². The highest BCUT2D eigenvalue weighted by molar-refractivity contribution is 6.31. The number of carbonyl (C=O) groups is 1. The van der Waals surface area contributed by atoms with Crippen molar-refractivity contribution in [1.29, 1.82) is 0 Å². The summed E-state index contributed by atoms with van der Waals surface area (Å²) in [4.78, 5) is 17.1. The van der Waals surface area contributed by atoms with Crippen molar-refractivity contribution in [3.05, 3.63) is 59.6 Å². The highest BCUT2D eigenvalue weighted by Gasteiger charge is 2.22. The Morgan fingerprint density at radius 1 is 1.35 bits per heavy atom. The van der Waals surface area contributed by atoms with E-state index in [2.05, 4.69) is 25.2 Å². The molecule has 0 aliphatic heterocycles. The van der Waals surface area contributed by atoms with Gasteiger partial charge in [0.15, 0.2) is 5.65 Å². The van der Waals surface area contributed by atoms with E-state index in [4.69, 9.17) is 17.3 Å². The Morgan fingerprint density at radius 3 is 2.97 bits per heavy atom. The maximum Gasteiger partial charge on any atom is 0.387 e. The van der Waals surface area contributed by atoms with Crippen molar-refractivity contribution in [2.24, 2.45) is 5.73 Å². The van der Waals surface area contributed by atoms with Crippen LogP contribution in [0.25, 0.3) is 16.9 Å². The van der Waals surface area contributed by atoms with Gasteiger partial charge in [0.25, 0.3) is 5.91 Å². The zero-order chi connectivity index (χ0) is 22.0. The van der Waals surface area contributed by atoms with Crippen molar-refractivity contribution in [2.45, 2.75) is 13.2 Å². The van der Waals surface area contributed by atoms with E-state index in [1.165, 1.54) is 33.6 Å². The number of halogens is 3. The number of hydrogen-bond donors (Lipinski definition) is 2. The van der Waals surface area contributed by atoms with Crippen LogP contribution in [0.3, 0.4) is 0 Å². The fourth-order valence-electron chi connectivity index (χ4n) is 3.02. The number of nitrogens with one attached hydrogen (secondary N) is 1. The monoisotopic (exact) mass is 447 g/mol. The van der Waals surface area contributed by atoms with Gasteiger partial charge in [-0.2, -0.15) is 19.0 Å². The first-order valence-corrected chi connectivity index (χ1v) is 9.46. The zero-order valence-electron chi connectivity index (χ0n) is 15.9. The lowest BCUT2D eigenvalue weighted by Gasteiger charge is -2.11. The molecule has 3 aromatic heterocycles. The molecule has 31 heavy (non-hydrogen) atoms. The summed E-state index contributed by atoms with van der Waals surface area (Å²) < 4.78 is 33.4. The Balaban J connectivity index is 1.76. The van der Waals surface area contributed by atoms with E-state index < -0.39 is 12.5 Å². The van der Waals surface area contributed by atoms with Crippen LogP contribution in [0.2, 0.25) is 5.02 Å². The van der Waals surface area contributed by atoms with Crippen LogP contribution in [-0.4, -0.2) is 43.4 Å². The Labute approximate surface area is 179 Å². The second kappa shape index (κ2) is 8.66. The van der Waals surface area contributed by atoms with Crippen LogP contribution in [0.4, 0.5) is 14.5 Å². The van der Waals surface area contributed by atoms with Gasteiger partial charge in [-0.05, 0) is 24.3 Å². The van der Waals surface area contributed by atoms with E-state index in [1.807, 2.05) is 0 Å². The highest BCUT2D eigenvalue weighted by atomic mass is 35.5. The van der Waals surface area contributed by atoms with Crippen molar-refractivity contribution in [3.8, 4) is 17.0 Å². The molecule has 0 aliphatic rings. The molecule has 0 fully saturated rings. The summed E-state index contributed by atoms with van der Waals surface area (Å²) in [7, 11) is 0. The number of alkyl halides is 2. The smallest absolute Gasteiger partial charge is 0.387 e. The second-order valence-electron chi connectivity index (χ2n) is 6.36. The standard InChI is InChI=1S/C19H16ClF2N7O2/c20-11-2-3-15(31-19(21)22)12(8-11)16-14(10-28(27-16)7-4-23)26-18(30)13-9-25-29-6-1-5-24-17(13)29/h1-3,5-6,8-10,19H,4,7,23H2,(H,26,30). The van der Waals surface area contributed by atoms with Crippen LogP contribution in [0, 0.1) is 0 Å². The maximum absolute atomic E-state index is 12.9. The first kappa shape index (κ1) is 20.7. The second-order valence-corrected chi connectivity index (χ2v) is 6.80. The molecule has 0 radical (unpaired) electrons. The molecule has 1 amide bonds. The van der Waals surface area contributed by atoms with E-state index >= 15 is 0 Å². The molecular formula is C19H16ClF2N7O2. The minimum absolute atomic E-state index is 0.134. The predicted octanol–water partition coefficient (Wildman–Crippen LogP) is 3.06. The van der Waals surface area contributed by atoms with Gasteiger partial charge in [-0.15, -0.1) is 0 Å². The van der Waals surface area contributed by atoms with Crippen LogP contribution in [-0.2, 0) is 6.54 Å². The third kappa shape index (κ3) is 4.32. The van der Waals surface area contributed by atoms with Crippen LogP contribution < -0.4 is 15.8 Å². The van der Waals surface area contributed by atoms with Gasteiger partial charge in [-0.3, -0.25) is 9.48 Å². The van der Waals surface area contributed by atoms with Crippen LogP contribution in [0.15, 0.2) is 49.1 Å². The summed E-state index contributed by atoms with van der Waals surface area (Å²) in [5, 5.41) is 11.5. The van der Waals surface area contributed by atoms with Crippen LogP contribution in [0.1, 0.15) is 10.4 Å².